The second-order valence-electron chi connectivity index (χ2n) is 4.66. The lowest BCUT2D eigenvalue weighted by atomic mass is 10.1. The summed E-state index contributed by atoms with van der Waals surface area (Å²) in [5.41, 5.74) is 0.210. The zero-order chi connectivity index (χ0) is 14.5. The minimum atomic E-state index is -0.536. The van der Waals surface area contributed by atoms with E-state index in [2.05, 4.69) is 10.6 Å². The van der Waals surface area contributed by atoms with Crippen LogP contribution in [0, 0.1) is 10.1 Å². The molecule has 1 heterocycles. The predicted molar refractivity (Wildman–Crippen MR) is 73.0 cm³/mol. The van der Waals surface area contributed by atoms with Crippen LogP contribution in [0.1, 0.15) is 23.2 Å². The summed E-state index contributed by atoms with van der Waals surface area (Å²) in [7, 11) is 1.34. The zero-order valence-electron chi connectivity index (χ0n) is 11.2. The van der Waals surface area contributed by atoms with E-state index in [0.29, 0.717) is 5.56 Å². The molecule has 7 nitrogen and oxygen atoms in total. The van der Waals surface area contributed by atoms with E-state index < -0.39 is 4.92 Å². The molecule has 1 atom stereocenters. The first-order valence-corrected chi connectivity index (χ1v) is 6.46. The summed E-state index contributed by atoms with van der Waals surface area (Å²) in [5.74, 6) is -0.156. The molecule has 0 radical (unpaired) electrons. The molecule has 1 unspecified atom stereocenters. The van der Waals surface area contributed by atoms with Gasteiger partial charge in [0.2, 0.25) is 0 Å². The Kier molecular flexibility index (Phi) is 4.52. The van der Waals surface area contributed by atoms with Gasteiger partial charge in [0.25, 0.3) is 5.91 Å². The third-order valence-corrected chi connectivity index (χ3v) is 3.27. The molecule has 20 heavy (non-hydrogen) atoms. The smallest absolute Gasteiger partial charge is 0.310 e. The summed E-state index contributed by atoms with van der Waals surface area (Å²) < 4.78 is 4.95. The maximum absolute atomic E-state index is 12.1. The molecular weight excluding hydrogens is 262 g/mol. The zero-order valence-corrected chi connectivity index (χ0v) is 11.2. The molecule has 7 heteroatoms. The number of amides is 1. The number of hydrogen-bond donors (Lipinski definition) is 2. The second-order valence-corrected chi connectivity index (χ2v) is 4.66. The number of ether oxygens (including phenoxy) is 1. The number of carbonyl (C=O) groups is 1. The highest BCUT2D eigenvalue weighted by atomic mass is 16.6. The fraction of sp³-hybridized carbons (Fsp3) is 0.462. The molecule has 0 bridgehead atoms. The minimum Gasteiger partial charge on any atom is -0.490 e. The van der Waals surface area contributed by atoms with Crippen molar-refractivity contribution in [3.8, 4) is 5.75 Å². The van der Waals surface area contributed by atoms with Crippen LogP contribution < -0.4 is 15.4 Å². The molecule has 1 aromatic carbocycles. The van der Waals surface area contributed by atoms with Crippen molar-refractivity contribution in [2.75, 3.05) is 20.2 Å². The standard InChI is InChI=1S/C13H17N3O4/c1-20-12-7-9(4-5-11(12)16(18)19)13(17)15-10-3-2-6-14-8-10/h4-5,7,10,14H,2-3,6,8H2,1H3,(H,15,17). The first-order chi connectivity index (χ1) is 9.61. The van der Waals surface area contributed by atoms with Gasteiger partial charge in [-0.05, 0) is 25.5 Å². The maximum Gasteiger partial charge on any atom is 0.310 e. The summed E-state index contributed by atoms with van der Waals surface area (Å²) in [6, 6.07) is 4.21. The molecule has 1 aromatic rings. The Labute approximate surface area is 116 Å². The molecule has 108 valence electrons. The molecule has 1 amide bonds. The fourth-order valence-corrected chi connectivity index (χ4v) is 2.21. The Balaban J connectivity index is 2.11. The van der Waals surface area contributed by atoms with Gasteiger partial charge in [0, 0.05) is 30.3 Å². The van der Waals surface area contributed by atoms with Gasteiger partial charge in [0.1, 0.15) is 0 Å². The first kappa shape index (κ1) is 14.3. The average molecular weight is 279 g/mol. The molecule has 0 saturated carbocycles. The van der Waals surface area contributed by atoms with Crippen LogP contribution in [0.4, 0.5) is 5.69 Å². The van der Waals surface area contributed by atoms with Crippen LogP contribution in [0.5, 0.6) is 5.75 Å². The third-order valence-electron chi connectivity index (χ3n) is 3.27. The topological polar surface area (TPSA) is 93.5 Å². The molecule has 2 N–H and O–H groups in total. The van der Waals surface area contributed by atoms with Gasteiger partial charge < -0.3 is 15.4 Å². The van der Waals surface area contributed by atoms with E-state index in [1.165, 1.54) is 25.3 Å². The van der Waals surface area contributed by atoms with Gasteiger partial charge >= 0.3 is 5.69 Å². The number of benzene rings is 1. The number of hydrogen-bond acceptors (Lipinski definition) is 5. The SMILES string of the molecule is COc1cc(C(=O)NC2CCCNC2)ccc1[N+](=O)[O-]. The lowest BCUT2D eigenvalue weighted by Gasteiger charge is -2.23. The maximum atomic E-state index is 12.1. The number of carbonyl (C=O) groups excluding carboxylic acids is 1. The minimum absolute atomic E-state index is 0.0874. The molecule has 1 aliphatic rings. The van der Waals surface area contributed by atoms with Crippen molar-refractivity contribution in [1.29, 1.82) is 0 Å². The van der Waals surface area contributed by atoms with E-state index in [9.17, 15) is 14.9 Å². The fourth-order valence-electron chi connectivity index (χ4n) is 2.21. The van der Waals surface area contributed by atoms with Crippen LogP contribution in [0.3, 0.4) is 0 Å². The molecular formula is C13H17N3O4. The second kappa shape index (κ2) is 6.33. The van der Waals surface area contributed by atoms with E-state index in [-0.39, 0.29) is 23.4 Å². The number of nitro benzene ring substituents is 1. The van der Waals surface area contributed by atoms with Crippen LogP contribution in [-0.2, 0) is 0 Å². The number of methoxy groups -OCH3 is 1. The van der Waals surface area contributed by atoms with Crippen LogP contribution in [0.15, 0.2) is 18.2 Å². The van der Waals surface area contributed by atoms with E-state index in [1.54, 1.807) is 0 Å². The average Bonchev–Trinajstić information content (AvgIpc) is 2.47. The highest BCUT2D eigenvalue weighted by molar-refractivity contribution is 5.95. The van der Waals surface area contributed by atoms with Crippen LogP contribution in [-0.4, -0.2) is 37.1 Å². The summed E-state index contributed by atoms with van der Waals surface area (Å²) >= 11 is 0. The van der Waals surface area contributed by atoms with Gasteiger partial charge in [-0.15, -0.1) is 0 Å². The van der Waals surface area contributed by atoms with Crippen molar-refractivity contribution in [3.05, 3.63) is 33.9 Å². The molecule has 1 aliphatic heterocycles. The molecule has 0 aromatic heterocycles. The van der Waals surface area contributed by atoms with Gasteiger partial charge in [0.15, 0.2) is 5.75 Å². The molecule has 1 saturated heterocycles. The predicted octanol–water partition coefficient (Wildman–Crippen LogP) is 1.09. The summed E-state index contributed by atoms with van der Waals surface area (Å²) in [6.45, 7) is 1.72. The Morgan fingerprint density at radius 1 is 1.55 bits per heavy atom. The molecule has 0 spiro atoms. The summed E-state index contributed by atoms with van der Waals surface area (Å²) in [6.07, 6.45) is 1.96. The Hall–Kier alpha value is -2.15. The molecule has 2 rings (SSSR count). The van der Waals surface area contributed by atoms with Crippen molar-refractivity contribution in [1.82, 2.24) is 10.6 Å². The van der Waals surface area contributed by atoms with Gasteiger partial charge in [0.05, 0.1) is 12.0 Å². The Morgan fingerprint density at radius 2 is 2.35 bits per heavy atom. The van der Waals surface area contributed by atoms with Gasteiger partial charge in [-0.2, -0.15) is 0 Å². The van der Waals surface area contributed by atoms with E-state index >= 15 is 0 Å². The first-order valence-electron chi connectivity index (χ1n) is 6.46. The van der Waals surface area contributed by atoms with Crippen LogP contribution in [0.2, 0.25) is 0 Å². The third kappa shape index (κ3) is 3.24. The summed E-state index contributed by atoms with van der Waals surface area (Å²) in [5, 5.41) is 16.9. The number of nitrogens with one attached hydrogen (secondary N) is 2. The highest BCUT2D eigenvalue weighted by Gasteiger charge is 2.20. The molecule has 1 fully saturated rings. The van der Waals surface area contributed by atoms with Crippen molar-refractivity contribution in [3.63, 3.8) is 0 Å². The number of rotatable bonds is 4. The Bertz CT molecular complexity index is 512. The quantitative estimate of drug-likeness (QED) is 0.635. The lowest BCUT2D eigenvalue weighted by molar-refractivity contribution is -0.385. The lowest BCUT2D eigenvalue weighted by Crippen LogP contribution is -2.45. The van der Waals surface area contributed by atoms with E-state index in [4.69, 9.17) is 4.74 Å². The van der Waals surface area contributed by atoms with Crippen molar-refractivity contribution < 1.29 is 14.5 Å². The monoisotopic (exact) mass is 279 g/mol. The largest absolute Gasteiger partial charge is 0.490 e. The van der Waals surface area contributed by atoms with Gasteiger partial charge in [-0.1, -0.05) is 0 Å². The van der Waals surface area contributed by atoms with Crippen molar-refractivity contribution >= 4 is 11.6 Å². The van der Waals surface area contributed by atoms with Crippen molar-refractivity contribution in [2.24, 2.45) is 0 Å². The Morgan fingerprint density at radius 3 is 2.95 bits per heavy atom. The van der Waals surface area contributed by atoms with Gasteiger partial charge in [-0.25, -0.2) is 0 Å². The normalized spacial score (nSPS) is 18.4. The van der Waals surface area contributed by atoms with Gasteiger partial charge in [-0.3, -0.25) is 14.9 Å². The summed E-state index contributed by atoms with van der Waals surface area (Å²) in [4.78, 5) is 22.4. The van der Waals surface area contributed by atoms with E-state index in [1.807, 2.05) is 0 Å². The number of nitrogens with zero attached hydrogens (tertiary/aromatic N) is 1. The van der Waals surface area contributed by atoms with Crippen LogP contribution >= 0.6 is 0 Å². The van der Waals surface area contributed by atoms with Crippen LogP contribution in [0.25, 0.3) is 0 Å². The van der Waals surface area contributed by atoms with Crippen molar-refractivity contribution in [2.45, 2.75) is 18.9 Å². The highest BCUT2D eigenvalue weighted by Crippen LogP contribution is 2.27. The van der Waals surface area contributed by atoms with E-state index in [0.717, 1.165) is 25.9 Å². The number of nitro groups is 1. The molecule has 0 aliphatic carbocycles. The number of piperidine rings is 1.